The molecule has 2 rings (SSSR count). The van der Waals surface area contributed by atoms with Gasteiger partial charge >= 0.3 is 5.97 Å². The van der Waals surface area contributed by atoms with Crippen LogP contribution in [-0.2, 0) is 26.2 Å². The van der Waals surface area contributed by atoms with Crippen molar-refractivity contribution in [3.8, 4) is 5.75 Å². The van der Waals surface area contributed by atoms with Gasteiger partial charge in [-0.05, 0) is 37.1 Å². The zero-order valence-corrected chi connectivity index (χ0v) is 15.4. The van der Waals surface area contributed by atoms with Gasteiger partial charge in [-0.2, -0.15) is 0 Å². The number of rotatable bonds is 7. The van der Waals surface area contributed by atoms with Gasteiger partial charge in [-0.25, -0.2) is 17.5 Å². The molecule has 0 aliphatic heterocycles. The van der Waals surface area contributed by atoms with Gasteiger partial charge in [0, 0.05) is 14.1 Å². The van der Waals surface area contributed by atoms with E-state index in [2.05, 4.69) is 0 Å². The van der Waals surface area contributed by atoms with Gasteiger partial charge in [0.2, 0.25) is 5.09 Å². The zero-order valence-electron chi connectivity index (χ0n) is 14.6. The highest BCUT2D eigenvalue weighted by atomic mass is 32.2. The molecule has 8 heteroatoms. The molecule has 1 heterocycles. The van der Waals surface area contributed by atoms with E-state index < -0.39 is 16.0 Å². The summed E-state index contributed by atoms with van der Waals surface area (Å²) < 4.78 is 40.6. The predicted octanol–water partition coefficient (Wildman–Crippen LogP) is 2.27. The smallest absolute Gasteiger partial charge is 0.344 e. The van der Waals surface area contributed by atoms with Crippen molar-refractivity contribution in [2.45, 2.75) is 25.5 Å². The number of carbonyl (C=O) groups excluding carboxylic acids is 1. The molecule has 0 saturated heterocycles. The maximum absolute atomic E-state index is 11.9. The largest absolute Gasteiger partial charge is 0.481 e. The van der Waals surface area contributed by atoms with Crippen LogP contribution in [0.25, 0.3) is 0 Å². The molecular weight excluding hydrogens is 346 g/mol. The Balaban J connectivity index is 1.90. The first-order chi connectivity index (χ1) is 11.7. The Labute approximate surface area is 147 Å². The van der Waals surface area contributed by atoms with E-state index in [9.17, 15) is 13.2 Å². The molecule has 1 aromatic carbocycles. The number of nitrogens with zero attached hydrogens (tertiary/aromatic N) is 1. The maximum Gasteiger partial charge on any atom is 0.344 e. The van der Waals surface area contributed by atoms with Crippen LogP contribution in [0.5, 0.6) is 5.75 Å². The first-order valence-electron chi connectivity index (χ1n) is 7.57. The molecule has 2 aromatic rings. The van der Waals surface area contributed by atoms with Crippen LogP contribution in [0, 0.1) is 13.8 Å². The highest BCUT2D eigenvalue weighted by molar-refractivity contribution is 7.88. The predicted molar refractivity (Wildman–Crippen MR) is 90.8 cm³/mol. The quantitative estimate of drug-likeness (QED) is 0.698. The lowest BCUT2D eigenvalue weighted by Gasteiger charge is -2.11. The lowest BCUT2D eigenvalue weighted by molar-refractivity contribution is -0.147. The van der Waals surface area contributed by atoms with E-state index in [0.717, 1.165) is 15.4 Å². The van der Waals surface area contributed by atoms with Gasteiger partial charge in [0.25, 0.3) is 10.0 Å². The molecule has 0 aliphatic rings. The van der Waals surface area contributed by atoms with Gasteiger partial charge in [0.1, 0.15) is 18.1 Å². The number of sulfonamides is 1. The normalized spacial score (nSPS) is 11.6. The Hall–Kier alpha value is -2.32. The number of furan rings is 1. The molecule has 0 radical (unpaired) electrons. The monoisotopic (exact) mass is 367 g/mol. The van der Waals surface area contributed by atoms with Crippen LogP contribution in [-0.4, -0.2) is 39.4 Å². The fourth-order valence-electron chi connectivity index (χ4n) is 2.11. The third-order valence-electron chi connectivity index (χ3n) is 3.49. The van der Waals surface area contributed by atoms with Gasteiger partial charge in [-0.15, -0.1) is 0 Å². The van der Waals surface area contributed by atoms with Crippen molar-refractivity contribution in [1.82, 2.24) is 4.31 Å². The summed E-state index contributed by atoms with van der Waals surface area (Å²) in [5.41, 5.74) is 1.86. The fourth-order valence-corrected chi connectivity index (χ4v) is 2.92. The Kier molecular flexibility index (Phi) is 5.86. The summed E-state index contributed by atoms with van der Waals surface area (Å²) in [6.45, 7) is 3.37. The minimum atomic E-state index is -3.65. The average Bonchev–Trinajstić information content (AvgIpc) is 3.02. The summed E-state index contributed by atoms with van der Waals surface area (Å²) in [6, 6.07) is 8.47. The first kappa shape index (κ1) is 19.0. The minimum absolute atomic E-state index is 0.169. The van der Waals surface area contributed by atoms with Gasteiger partial charge in [0.15, 0.2) is 6.61 Å². The second-order valence-electron chi connectivity index (χ2n) is 5.68. The zero-order chi connectivity index (χ0) is 18.6. The number of benzene rings is 1. The van der Waals surface area contributed by atoms with Crippen molar-refractivity contribution in [1.29, 1.82) is 0 Å². The molecule has 25 heavy (non-hydrogen) atoms. The average molecular weight is 367 g/mol. The summed E-state index contributed by atoms with van der Waals surface area (Å²) in [4.78, 5) is 11.8. The van der Waals surface area contributed by atoms with Gasteiger partial charge in [-0.3, -0.25) is 0 Å². The van der Waals surface area contributed by atoms with Crippen molar-refractivity contribution < 1.29 is 27.1 Å². The summed E-state index contributed by atoms with van der Waals surface area (Å²) in [5.74, 6) is 0.314. The second kappa shape index (κ2) is 7.71. The number of para-hydroxylation sites is 1. The molecule has 7 nitrogen and oxygen atoms in total. The molecule has 136 valence electrons. The highest BCUT2D eigenvalue weighted by Crippen LogP contribution is 2.22. The second-order valence-corrected chi connectivity index (χ2v) is 7.76. The summed E-state index contributed by atoms with van der Waals surface area (Å²) in [7, 11) is -0.839. The lowest BCUT2D eigenvalue weighted by atomic mass is 10.1. The molecule has 0 saturated carbocycles. The topological polar surface area (TPSA) is 86.0 Å². The molecule has 0 spiro atoms. The SMILES string of the molecule is Cc1cccc(C)c1OCC(=O)OCc1ccc(S(=O)(=O)N(C)C)o1. The molecule has 0 bridgehead atoms. The van der Waals surface area contributed by atoms with Crippen molar-refractivity contribution in [3.63, 3.8) is 0 Å². The molecule has 0 unspecified atom stereocenters. The van der Waals surface area contributed by atoms with Crippen molar-refractivity contribution in [3.05, 3.63) is 47.2 Å². The van der Waals surface area contributed by atoms with Crippen LogP contribution < -0.4 is 4.74 Å². The minimum Gasteiger partial charge on any atom is -0.481 e. The van der Waals surface area contributed by atoms with Crippen molar-refractivity contribution in [2.24, 2.45) is 0 Å². The molecular formula is C17H21NO6S. The Bertz CT molecular complexity index is 834. The van der Waals surface area contributed by atoms with Crippen molar-refractivity contribution in [2.75, 3.05) is 20.7 Å². The summed E-state index contributed by atoms with van der Waals surface area (Å²) in [5, 5.41) is -0.199. The van der Waals surface area contributed by atoms with Gasteiger partial charge < -0.3 is 13.9 Å². The van der Waals surface area contributed by atoms with Crippen LogP contribution in [0.1, 0.15) is 16.9 Å². The molecule has 0 atom stereocenters. The summed E-state index contributed by atoms with van der Waals surface area (Å²) in [6.07, 6.45) is 0. The number of ether oxygens (including phenoxy) is 2. The van der Waals surface area contributed by atoms with E-state index >= 15 is 0 Å². The fraction of sp³-hybridized carbons (Fsp3) is 0.353. The van der Waals surface area contributed by atoms with Crippen LogP contribution in [0.2, 0.25) is 0 Å². The third kappa shape index (κ3) is 4.61. The van der Waals surface area contributed by atoms with E-state index in [1.54, 1.807) is 0 Å². The number of aryl methyl sites for hydroxylation is 2. The van der Waals surface area contributed by atoms with Gasteiger partial charge in [0.05, 0.1) is 0 Å². The van der Waals surface area contributed by atoms with Crippen molar-refractivity contribution >= 4 is 16.0 Å². The highest BCUT2D eigenvalue weighted by Gasteiger charge is 2.21. The lowest BCUT2D eigenvalue weighted by Crippen LogP contribution is -2.21. The maximum atomic E-state index is 11.9. The van der Waals surface area contributed by atoms with E-state index in [-0.39, 0.29) is 24.1 Å². The first-order valence-corrected chi connectivity index (χ1v) is 9.01. The Morgan fingerprint density at radius 1 is 1.12 bits per heavy atom. The summed E-state index contributed by atoms with van der Waals surface area (Å²) >= 11 is 0. The van der Waals surface area contributed by atoms with Gasteiger partial charge in [-0.1, -0.05) is 18.2 Å². The van der Waals surface area contributed by atoms with E-state index in [1.807, 2.05) is 32.0 Å². The van der Waals surface area contributed by atoms with E-state index in [4.69, 9.17) is 13.9 Å². The molecule has 0 N–H and O–H groups in total. The van der Waals surface area contributed by atoms with E-state index in [1.165, 1.54) is 26.2 Å². The Morgan fingerprint density at radius 2 is 1.76 bits per heavy atom. The Morgan fingerprint density at radius 3 is 2.36 bits per heavy atom. The molecule has 1 aromatic heterocycles. The van der Waals surface area contributed by atoms with Crippen LogP contribution in [0.3, 0.4) is 0 Å². The number of hydrogen-bond acceptors (Lipinski definition) is 6. The van der Waals surface area contributed by atoms with Crippen LogP contribution >= 0.6 is 0 Å². The number of carbonyl (C=O) groups is 1. The van der Waals surface area contributed by atoms with Crippen LogP contribution in [0.4, 0.5) is 0 Å². The van der Waals surface area contributed by atoms with E-state index in [0.29, 0.717) is 5.75 Å². The number of esters is 1. The van der Waals surface area contributed by atoms with Crippen LogP contribution in [0.15, 0.2) is 39.8 Å². The molecule has 0 fully saturated rings. The molecule has 0 aliphatic carbocycles. The standard InChI is InChI=1S/C17H21NO6S/c1-12-6-5-7-13(2)17(12)23-11-15(19)22-10-14-8-9-16(24-14)25(20,21)18(3)4/h5-9H,10-11H2,1-4H3. The molecule has 0 amide bonds. The third-order valence-corrected chi connectivity index (χ3v) is 5.18. The number of hydrogen-bond donors (Lipinski definition) is 0.